The largest absolute Gasteiger partial charge is 0.478 e. The lowest BCUT2D eigenvalue weighted by Gasteiger charge is -2.42. The molecule has 3 rings (SSSR count). The van der Waals surface area contributed by atoms with E-state index in [4.69, 9.17) is 5.11 Å². The van der Waals surface area contributed by atoms with Crippen molar-refractivity contribution < 1.29 is 14.7 Å². The molecule has 1 aromatic heterocycles. The fraction of sp³-hybridized carbons (Fsp3) is 0.438. The number of nitrogens with one attached hydrogen (secondary N) is 1. The fourth-order valence-electron chi connectivity index (χ4n) is 3.17. The van der Waals surface area contributed by atoms with Crippen molar-refractivity contribution in [2.75, 3.05) is 25.5 Å². The van der Waals surface area contributed by atoms with Gasteiger partial charge < -0.3 is 15.3 Å². The van der Waals surface area contributed by atoms with E-state index in [1.165, 1.54) is 6.08 Å². The maximum Gasteiger partial charge on any atom is 0.328 e. The van der Waals surface area contributed by atoms with Crippen molar-refractivity contribution in [2.24, 2.45) is 5.41 Å². The maximum atomic E-state index is 12.5. The molecule has 1 fully saturated rings. The number of piperidine rings is 1. The molecular formula is C16H19N3O3. The van der Waals surface area contributed by atoms with Gasteiger partial charge in [-0.25, -0.2) is 9.78 Å². The second-order valence-corrected chi connectivity index (χ2v) is 6.16. The Hall–Kier alpha value is -2.21. The summed E-state index contributed by atoms with van der Waals surface area (Å²) in [6, 6.07) is 1.92. The second-order valence-electron chi connectivity index (χ2n) is 6.16. The molecule has 2 N–H and O–H groups in total. The molecule has 1 aromatic rings. The number of aromatic nitrogens is 1. The van der Waals surface area contributed by atoms with E-state index in [0.29, 0.717) is 12.2 Å². The molecule has 0 atom stereocenters. The summed E-state index contributed by atoms with van der Waals surface area (Å²) in [6.45, 7) is 1.82. The number of hydrogen-bond donors (Lipinski definition) is 2. The van der Waals surface area contributed by atoms with E-state index in [2.05, 4.69) is 22.2 Å². The highest BCUT2D eigenvalue weighted by Crippen LogP contribution is 2.40. The van der Waals surface area contributed by atoms with Crippen LogP contribution in [-0.4, -0.2) is 47.0 Å². The third-order valence-corrected chi connectivity index (χ3v) is 4.59. The number of hydrogen-bond acceptors (Lipinski definition) is 4. The third-order valence-electron chi connectivity index (χ3n) is 4.59. The highest BCUT2D eigenvalue weighted by atomic mass is 16.4. The van der Waals surface area contributed by atoms with Crippen molar-refractivity contribution in [3.8, 4) is 0 Å². The molecule has 1 amide bonds. The van der Waals surface area contributed by atoms with Crippen LogP contribution in [0, 0.1) is 5.41 Å². The van der Waals surface area contributed by atoms with E-state index in [9.17, 15) is 9.59 Å². The Morgan fingerprint density at radius 2 is 2.18 bits per heavy atom. The number of carboxylic acid groups (broad SMARTS) is 1. The Morgan fingerprint density at radius 1 is 1.45 bits per heavy atom. The van der Waals surface area contributed by atoms with Crippen LogP contribution in [0.3, 0.4) is 0 Å². The van der Waals surface area contributed by atoms with Crippen molar-refractivity contribution in [1.29, 1.82) is 0 Å². The molecular weight excluding hydrogens is 282 g/mol. The van der Waals surface area contributed by atoms with Crippen molar-refractivity contribution in [1.82, 2.24) is 9.88 Å². The molecule has 2 aliphatic heterocycles. The normalized spacial score (nSPS) is 20.9. The Balaban J connectivity index is 1.88. The molecule has 2 aliphatic rings. The van der Waals surface area contributed by atoms with E-state index in [1.807, 2.05) is 6.07 Å². The van der Waals surface area contributed by atoms with Gasteiger partial charge in [-0.05, 0) is 62.7 Å². The minimum Gasteiger partial charge on any atom is -0.478 e. The molecule has 1 saturated heterocycles. The van der Waals surface area contributed by atoms with Gasteiger partial charge >= 0.3 is 5.97 Å². The van der Waals surface area contributed by atoms with Gasteiger partial charge in [-0.1, -0.05) is 0 Å². The average Bonchev–Trinajstić information content (AvgIpc) is 2.49. The number of carbonyl (C=O) groups excluding carboxylic acids is 1. The summed E-state index contributed by atoms with van der Waals surface area (Å²) < 4.78 is 0. The summed E-state index contributed by atoms with van der Waals surface area (Å²) in [4.78, 5) is 29.6. The van der Waals surface area contributed by atoms with Crippen molar-refractivity contribution in [3.63, 3.8) is 0 Å². The van der Waals surface area contributed by atoms with Crippen LogP contribution in [0.5, 0.6) is 0 Å². The molecule has 0 unspecified atom stereocenters. The fourth-order valence-corrected chi connectivity index (χ4v) is 3.17. The molecule has 0 aliphatic carbocycles. The van der Waals surface area contributed by atoms with Crippen molar-refractivity contribution in [2.45, 2.75) is 19.3 Å². The summed E-state index contributed by atoms with van der Waals surface area (Å²) >= 11 is 0. The Kier molecular flexibility index (Phi) is 3.70. The summed E-state index contributed by atoms with van der Waals surface area (Å²) in [7, 11) is 2.07. The van der Waals surface area contributed by atoms with Crippen molar-refractivity contribution >= 4 is 23.8 Å². The second kappa shape index (κ2) is 5.53. The number of fused-ring (bicyclic) bond motifs is 1. The number of rotatable bonds is 2. The zero-order valence-corrected chi connectivity index (χ0v) is 12.5. The van der Waals surface area contributed by atoms with E-state index < -0.39 is 5.97 Å². The van der Waals surface area contributed by atoms with Gasteiger partial charge in [0.2, 0.25) is 5.91 Å². The van der Waals surface area contributed by atoms with Crippen LogP contribution in [0.25, 0.3) is 6.08 Å². The lowest BCUT2D eigenvalue weighted by Crippen LogP contribution is -2.49. The lowest BCUT2D eigenvalue weighted by molar-refractivity contribution is -0.131. The van der Waals surface area contributed by atoms with Gasteiger partial charge in [0.25, 0.3) is 0 Å². The molecule has 22 heavy (non-hydrogen) atoms. The van der Waals surface area contributed by atoms with Gasteiger partial charge in [0.15, 0.2) is 0 Å². The van der Waals surface area contributed by atoms with Crippen LogP contribution in [0.15, 0.2) is 18.3 Å². The number of carbonyl (C=O) groups is 2. The van der Waals surface area contributed by atoms with E-state index in [-0.39, 0.29) is 11.3 Å². The predicted octanol–water partition coefficient (Wildman–Crippen LogP) is 1.39. The van der Waals surface area contributed by atoms with Gasteiger partial charge in [0, 0.05) is 12.3 Å². The van der Waals surface area contributed by atoms with E-state index in [0.717, 1.165) is 43.1 Å². The first kappa shape index (κ1) is 14.7. The number of carboxylic acids is 1. The quantitative estimate of drug-likeness (QED) is 0.807. The number of aliphatic carboxylic acids is 1. The molecule has 3 heterocycles. The molecule has 0 aromatic carbocycles. The van der Waals surface area contributed by atoms with Crippen LogP contribution >= 0.6 is 0 Å². The number of anilines is 1. The van der Waals surface area contributed by atoms with E-state index in [1.54, 1.807) is 6.20 Å². The van der Waals surface area contributed by atoms with Crippen LogP contribution < -0.4 is 5.32 Å². The van der Waals surface area contributed by atoms with Gasteiger partial charge in [0.1, 0.15) is 5.82 Å². The minimum absolute atomic E-state index is 0.0643. The number of nitrogens with zero attached hydrogens (tertiary/aromatic N) is 2. The first-order chi connectivity index (χ1) is 10.5. The Bertz CT molecular complexity index is 646. The highest BCUT2D eigenvalue weighted by molar-refractivity contribution is 5.97. The third kappa shape index (κ3) is 2.74. The number of amides is 1. The van der Waals surface area contributed by atoms with Gasteiger partial charge in [-0.15, -0.1) is 0 Å². The molecule has 6 nitrogen and oxygen atoms in total. The summed E-state index contributed by atoms with van der Waals surface area (Å²) in [5.41, 5.74) is 1.37. The highest BCUT2D eigenvalue weighted by Gasteiger charge is 2.44. The zero-order chi connectivity index (χ0) is 15.7. The van der Waals surface area contributed by atoms with Gasteiger partial charge in [-0.3, -0.25) is 4.79 Å². The van der Waals surface area contributed by atoms with Crippen molar-refractivity contribution in [3.05, 3.63) is 29.5 Å². The Morgan fingerprint density at radius 3 is 2.86 bits per heavy atom. The molecule has 1 spiro atoms. The molecule has 0 bridgehead atoms. The molecule has 116 valence electrons. The molecule has 0 saturated carbocycles. The standard InChI is InChI=1S/C16H19N3O3/c1-19-6-4-16(5-7-19)9-12-8-11(2-3-13(20)21)10-17-14(12)18-15(16)22/h2-3,8,10H,4-7,9H2,1H3,(H,20,21)(H,17,18,22). The average molecular weight is 301 g/mol. The maximum absolute atomic E-state index is 12.5. The first-order valence-electron chi connectivity index (χ1n) is 7.38. The zero-order valence-electron chi connectivity index (χ0n) is 12.5. The molecule has 6 heteroatoms. The van der Waals surface area contributed by atoms with Gasteiger partial charge in [0.05, 0.1) is 5.41 Å². The summed E-state index contributed by atoms with van der Waals surface area (Å²) in [6.07, 6.45) is 6.53. The van der Waals surface area contributed by atoms with E-state index >= 15 is 0 Å². The van der Waals surface area contributed by atoms with Crippen LogP contribution in [-0.2, 0) is 16.0 Å². The topological polar surface area (TPSA) is 82.5 Å². The molecule has 0 radical (unpaired) electrons. The minimum atomic E-state index is -0.988. The van der Waals surface area contributed by atoms with Gasteiger partial charge in [-0.2, -0.15) is 0 Å². The summed E-state index contributed by atoms with van der Waals surface area (Å²) in [5, 5.41) is 11.6. The smallest absolute Gasteiger partial charge is 0.328 e. The monoisotopic (exact) mass is 301 g/mol. The number of likely N-dealkylation sites (tertiary alicyclic amines) is 1. The van der Waals surface area contributed by atoms with Crippen LogP contribution in [0.4, 0.5) is 5.82 Å². The lowest BCUT2D eigenvalue weighted by atomic mass is 9.71. The number of pyridine rings is 1. The van der Waals surface area contributed by atoms with Crippen LogP contribution in [0.2, 0.25) is 0 Å². The summed E-state index contributed by atoms with van der Waals surface area (Å²) in [5.74, 6) is -0.325. The predicted molar refractivity (Wildman–Crippen MR) is 82.4 cm³/mol. The SMILES string of the molecule is CN1CCC2(CC1)Cc1cc(C=CC(=O)O)cnc1NC2=O. The van der Waals surface area contributed by atoms with Crippen LogP contribution in [0.1, 0.15) is 24.0 Å². The Labute approximate surface area is 128 Å². The first-order valence-corrected chi connectivity index (χ1v) is 7.38.